The molecule has 32 heavy (non-hydrogen) atoms. The van der Waals surface area contributed by atoms with Crippen molar-refractivity contribution in [3.05, 3.63) is 78.1 Å². The molecule has 1 atom stereocenters. The van der Waals surface area contributed by atoms with Crippen molar-refractivity contribution in [3.63, 3.8) is 0 Å². The van der Waals surface area contributed by atoms with E-state index in [1.165, 1.54) is 0 Å². The molecule has 0 spiro atoms. The predicted octanol–water partition coefficient (Wildman–Crippen LogP) is 3.24. The smallest absolute Gasteiger partial charge is 0.270 e. The number of amides is 2. The highest BCUT2D eigenvalue weighted by molar-refractivity contribution is 6.27. The van der Waals surface area contributed by atoms with Gasteiger partial charge in [0.2, 0.25) is 5.91 Å². The van der Waals surface area contributed by atoms with Crippen LogP contribution in [-0.2, 0) is 11.3 Å². The number of halogens is 1. The summed E-state index contributed by atoms with van der Waals surface area (Å²) in [5.41, 5.74) is 1.23. The van der Waals surface area contributed by atoms with Gasteiger partial charge in [0.05, 0.1) is 5.88 Å². The highest BCUT2D eigenvalue weighted by atomic mass is 35.5. The average molecular weight is 452 g/mol. The van der Waals surface area contributed by atoms with Gasteiger partial charge in [-0.15, -0.1) is 11.6 Å². The molecule has 7 nitrogen and oxygen atoms in total. The molecule has 0 aliphatic heterocycles. The third-order valence-corrected chi connectivity index (χ3v) is 5.20. The second kappa shape index (κ2) is 11.8. The van der Waals surface area contributed by atoms with Crippen molar-refractivity contribution in [1.82, 2.24) is 20.9 Å². The summed E-state index contributed by atoms with van der Waals surface area (Å²) >= 11 is 5.61. The van der Waals surface area contributed by atoms with Crippen LogP contribution in [0.5, 0.6) is 0 Å². The van der Waals surface area contributed by atoms with Gasteiger partial charge in [0.25, 0.3) is 5.91 Å². The quantitative estimate of drug-likeness (QED) is 0.164. The molecule has 3 aromatic rings. The third-order valence-electron chi connectivity index (χ3n) is 4.94. The second-order valence-electron chi connectivity index (χ2n) is 7.33. The van der Waals surface area contributed by atoms with E-state index in [-0.39, 0.29) is 23.3 Å². The Morgan fingerprint density at radius 1 is 1.00 bits per heavy atom. The van der Waals surface area contributed by atoms with E-state index in [1.807, 2.05) is 54.6 Å². The largest absolute Gasteiger partial charge is 0.373 e. The highest BCUT2D eigenvalue weighted by Gasteiger charge is 2.22. The summed E-state index contributed by atoms with van der Waals surface area (Å²) in [5.74, 6) is -0.348. The van der Waals surface area contributed by atoms with E-state index in [1.54, 1.807) is 12.3 Å². The van der Waals surface area contributed by atoms with Crippen molar-refractivity contribution in [1.29, 1.82) is 5.41 Å². The number of carbonyl (C=O) groups is 2. The van der Waals surface area contributed by atoms with Crippen LogP contribution in [0, 0.1) is 5.41 Å². The molecule has 1 aromatic heterocycles. The van der Waals surface area contributed by atoms with Crippen molar-refractivity contribution in [2.75, 3.05) is 12.4 Å². The molecule has 0 radical (unpaired) electrons. The minimum absolute atomic E-state index is 0.103. The Labute approximate surface area is 192 Å². The van der Waals surface area contributed by atoms with E-state index in [4.69, 9.17) is 17.0 Å². The predicted molar refractivity (Wildman–Crippen MR) is 127 cm³/mol. The fraction of sp³-hybridized carbons (Fsp3) is 0.250. The number of fused-ring (bicyclic) bond motifs is 1. The maximum atomic E-state index is 12.8. The first-order chi connectivity index (χ1) is 15.6. The Balaban J connectivity index is 1.65. The zero-order chi connectivity index (χ0) is 22.8. The van der Waals surface area contributed by atoms with E-state index < -0.39 is 11.9 Å². The Bertz CT molecular complexity index is 1070. The van der Waals surface area contributed by atoms with Gasteiger partial charge in [-0.05, 0) is 29.9 Å². The average Bonchev–Trinajstić information content (AvgIpc) is 2.84. The van der Waals surface area contributed by atoms with Gasteiger partial charge >= 0.3 is 0 Å². The number of hydrogen-bond acceptors (Lipinski definition) is 4. The summed E-state index contributed by atoms with van der Waals surface area (Å²) in [4.78, 5) is 29.9. The number of hydrogen-bond donors (Lipinski definition) is 4. The SMILES string of the molecule is N=C(CCl)NCCC[C@H](NC(=O)c1cc2ccccc2cn1)C(=O)NCc1ccccc1. The fourth-order valence-electron chi connectivity index (χ4n) is 3.21. The molecule has 0 saturated carbocycles. The van der Waals surface area contributed by atoms with Crippen LogP contribution in [0.3, 0.4) is 0 Å². The van der Waals surface area contributed by atoms with Gasteiger partial charge in [-0.2, -0.15) is 0 Å². The first kappa shape index (κ1) is 23.2. The minimum Gasteiger partial charge on any atom is -0.373 e. The maximum absolute atomic E-state index is 12.8. The van der Waals surface area contributed by atoms with Gasteiger partial charge < -0.3 is 16.0 Å². The number of alkyl halides is 1. The molecule has 2 aromatic carbocycles. The van der Waals surface area contributed by atoms with Crippen LogP contribution in [0.25, 0.3) is 10.8 Å². The summed E-state index contributed by atoms with van der Waals surface area (Å²) in [5, 5.41) is 18.0. The van der Waals surface area contributed by atoms with Crippen LogP contribution in [-0.4, -0.2) is 41.1 Å². The lowest BCUT2D eigenvalue weighted by molar-refractivity contribution is -0.123. The Morgan fingerprint density at radius 2 is 1.72 bits per heavy atom. The normalized spacial score (nSPS) is 11.5. The topological polar surface area (TPSA) is 107 Å². The molecule has 2 amide bonds. The maximum Gasteiger partial charge on any atom is 0.270 e. The molecule has 0 saturated heterocycles. The van der Waals surface area contributed by atoms with Gasteiger partial charge in [0.1, 0.15) is 17.6 Å². The molecule has 8 heteroatoms. The Hall–Kier alpha value is -3.45. The van der Waals surface area contributed by atoms with Crippen LogP contribution >= 0.6 is 11.6 Å². The van der Waals surface area contributed by atoms with E-state index in [9.17, 15) is 9.59 Å². The van der Waals surface area contributed by atoms with Crippen molar-refractivity contribution in [3.8, 4) is 0 Å². The van der Waals surface area contributed by atoms with E-state index >= 15 is 0 Å². The van der Waals surface area contributed by atoms with Crippen LogP contribution in [0.15, 0.2) is 66.9 Å². The van der Waals surface area contributed by atoms with E-state index in [2.05, 4.69) is 20.9 Å². The van der Waals surface area contributed by atoms with Crippen molar-refractivity contribution in [2.45, 2.75) is 25.4 Å². The van der Waals surface area contributed by atoms with Gasteiger partial charge in [-0.3, -0.25) is 20.0 Å². The lowest BCUT2D eigenvalue weighted by atomic mass is 10.1. The number of nitrogens with zero attached hydrogens (tertiary/aromatic N) is 1. The summed E-state index contributed by atoms with van der Waals surface area (Å²) in [6.45, 7) is 0.855. The van der Waals surface area contributed by atoms with Crippen LogP contribution in [0.4, 0.5) is 0 Å². The van der Waals surface area contributed by atoms with Gasteiger partial charge in [-0.25, -0.2) is 0 Å². The molecule has 0 aliphatic rings. The second-order valence-corrected chi connectivity index (χ2v) is 7.59. The molecular formula is C24H26ClN5O2. The summed E-state index contributed by atoms with van der Waals surface area (Å²) in [6.07, 6.45) is 2.63. The fourth-order valence-corrected chi connectivity index (χ4v) is 3.30. The summed E-state index contributed by atoms with van der Waals surface area (Å²) in [6, 6.07) is 18.2. The number of amidine groups is 1. The molecule has 0 unspecified atom stereocenters. The number of aromatic nitrogens is 1. The summed E-state index contributed by atoms with van der Waals surface area (Å²) < 4.78 is 0. The standard InChI is InChI=1S/C24H26ClN5O2/c25-14-22(26)27-12-6-11-20(23(31)29-15-17-7-2-1-3-8-17)30-24(32)21-13-18-9-4-5-10-19(18)16-28-21/h1-5,7-10,13,16,20H,6,11-12,14-15H2,(H2,26,27)(H,29,31)(H,30,32)/t20-/m0/s1. The van der Waals surface area contributed by atoms with E-state index in [0.717, 1.165) is 16.3 Å². The molecular weight excluding hydrogens is 426 g/mol. The van der Waals surface area contributed by atoms with Crippen molar-refractivity contribution < 1.29 is 9.59 Å². The lowest BCUT2D eigenvalue weighted by Gasteiger charge is -2.19. The van der Waals surface area contributed by atoms with Gasteiger partial charge in [0, 0.05) is 24.7 Å². The molecule has 4 N–H and O–H groups in total. The number of carbonyl (C=O) groups excluding carboxylic acids is 2. The van der Waals surface area contributed by atoms with Crippen LogP contribution in [0.2, 0.25) is 0 Å². The van der Waals surface area contributed by atoms with Gasteiger partial charge in [-0.1, -0.05) is 54.6 Å². The number of pyridine rings is 1. The molecule has 3 rings (SSSR count). The summed E-state index contributed by atoms with van der Waals surface area (Å²) in [7, 11) is 0. The van der Waals surface area contributed by atoms with Crippen LogP contribution < -0.4 is 16.0 Å². The zero-order valence-electron chi connectivity index (χ0n) is 17.6. The number of benzene rings is 2. The Morgan fingerprint density at radius 3 is 2.47 bits per heavy atom. The molecule has 0 bridgehead atoms. The third kappa shape index (κ3) is 6.78. The van der Waals surface area contributed by atoms with Crippen LogP contribution in [0.1, 0.15) is 28.9 Å². The minimum atomic E-state index is -0.730. The molecule has 0 aliphatic carbocycles. The number of nitrogens with one attached hydrogen (secondary N) is 4. The first-order valence-corrected chi connectivity index (χ1v) is 10.9. The van der Waals surface area contributed by atoms with Crippen molar-refractivity contribution >= 4 is 40.0 Å². The van der Waals surface area contributed by atoms with Gasteiger partial charge in [0.15, 0.2) is 0 Å². The molecule has 166 valence electrons. The Kier molecular flexibility index (Phi) is 8.57. The highest BCUT2D eigenvalue weighted by Crippen LogP contribution is 2.13. The lowest BCUT2D eigenvalue weighted by Crippen LogP contribution is -2.47. The zero-order valence-corrected chi connectivity index (χ0v) is 18.4. The molecule has 0 fully saturated rings. The van der Waals surface area contributed by atoms with Crippen molar-refractivity contribution in [2.24, 2.45) is 0 Å². The van der Waals surface area contributed by atoms with E-state index in [0.29, 0.717) is 25.9 Å². The molecule has 1 heterocycles. The number of rotatable bonds is 10. The first-order valence-electron chi connectivity index (χ1n) is 10.4. The monoisotopic (exact) mass is 451 g/mol.